The van der Waals surface area contributed by atoms with E-state index in [4.69, 9.17) is 9.47 Å². The van der Waals surface area contributed by atoms with Gasteiger partial charge in [0.1, 0.15) is 13.2 Å². The van der Waals surface area contributed by atoms with Crippen LogP contribution in [-0.2, 0) is 19.1 Å². The standard InChI is InChI=1S/C16H28N2O7S2/c1-2-23-14(19)12-16(6-4-3-5-7-16)13-17-15(20)24-8-10-26-27-11-9-25-18(21)22/h2-13H2,1H3,(H,17,20). The first-order valence-corrected chi connectivity index (χ1v) is 11.5. The summed E-state index contributed by atoms with van der Waals surface area (Å²) in [5.41, 5.74) is -0.245. The molecule has 27 heavy (non-hydrogen) atoms. The lowest BCUT2D eigenvalue weighted by molar-refractivity contribution is -0.756. The third-order valence-corrected chi connectivity index (χ3v) is 6.53. The number of hydrogen-bond donors (Lipinski definition) is 1. The van der Waals surface area contributed by atoms with Crippen molar-refractivity contribution in [3.05, 3.63) is 10.1 Å². The summed E-state index contributed by atoms with van der Waals surface area (Å²) in [7, 11) is 2.87. The molecule has 1 rings (SSSR count). The van der Waals surface area contributed by atoms with E-state index in [2.05, 4.69) is 10.2 Å². The maximum absolute atomic E-state index is 11.9. The molecular formula is C16H28N2O7S2. The van der Waals surface area contributed by atoms with Crippen molar-refractivity contribution >= 4 is 33.7 Å². The molecule has 0 unspecified atom stereocenters. The summed E-state index contributed by atoms with van der Waals surface area (Å²) in [5.74, 6) is 0.836. The fourth-order valence-corrected chi connectivity index (χ4v) is 4.62. The quantitative estimate of drug-likeness (QED) is 0.156. The fourth-order valence-electron chi connectivity index (χ4n) is 2.98. The van der Waals surface area contributed by atoms with Crippen LogP contribution in [0.1, 0.15) is 45.4 Å². The Morgan fingerprint density at radius 3 is 2.41 bits per heavy atom. The van der Waals surface area contributed by atoms with Gasteiger partial charge in [-0.25, -0.2) is 4.79 Å². The third kappa shape index (κ3) is 11.2. The van der Waals surface area contributed by atoms with E-state index >= 15 is 0 Å². The Bertz CT molecular complexity index is 474. The molecule has 0 aromatic heterocycles. The van der Waals surface area contributed by atoms with E-state index in [-0.39, 0.29) is 24.6 Å². The monoisotopic (exact) mass is 424 g/mol. The highest BCUT2D eigenvalue weighted by molar-refractivity contribution is 8.76. The van der Waals surface area contributed by atoms with E-state index in [0.29, 0.717) is 31.1 Å². The number of carbonyl (C=O) groups is 2. The Labute approximate surface area is 167 Å². The lowest BCUT2D eigenvalue weighted by Gasteiger charge is -2.36. The summed E-state index contributed by atoms with van der Waals surface area (Å²) in [5, 5.41) is 11.9. The van der Waals surface area contributed by atoms with Gasteiger partial charge >= 0.3 is 12.1 Å². The van der Waals surface area contributed by atoms with Crippen LogP contribution in [0.5, 0.6) is 0 Å². The number of amides is 1. The topological polar surface area (TPSA) is 117 Å². The minimum atomic E-state index is -0.820. The van der Waals surface area contributed by atoms with Gasteiger partial charge in [-0.2, -0.15) is 0 Å². The molecule has 1 fully saturated rings. The molecule has 0 atom stereocenters. The van der Waals surface area contributed by atoms with E-state index in [0.717, 1.165) is 32.1 Å². The molecule has 1 amide bonds. The number of esters is 1. The van der Waals surface area contributed by atoms with Crippen LogP contribution >= 0.6 is 21.6 Å². The number of carbonyl (C=O) groups excluding carboxylic acids is 2. The van der Waals surface area contributed by atoms with Gasteiger partial charge in [0.25, 0.3) is 5.09 Å². The normalized spacial score (nSPS) is 15.6. The summed E-state index contributed by atoms with van der Waals surface area (Å²) >= 11 is 0. The van der Waals surface area contributed by atoms with E-state index in [1.54, 1.807) is 6.92 Å². The molecule has 0 radical (unpaired) electrons. The Kier molecular flexibility index (Phi) is 12.1. The van der Waals surface area contributed by atoms with Crippen molar-refractivity contribution in [3.63, 3.8) is 0 Å². The largest absolute Gasteiger partial charge is 0.466 e. The molecule has 11 heteroatoms. The maximum Gasteiger partial charge on any atom is 0.407 e. The number of hydrogen-bond acceptors (Lipinski definition) is 9. The summed E-state index contributed by atoms with van der Waals surface area (Å²) < 4.78 is 10.2. The van der Waals surface area contributed by atoms with Crippen LogP contribution in [0.4, 0.5) is 4.79 Å². The number of nitrogens with one attached hydrogen (secondary N) is 1. The average Bonchev–Trinajstić information content (AvgIpc) is 2.63. The van der Waals surface area contributed by atoms with Crippen molar-refractivity contribution in [2.75, 3.05) is 37.9 Å². The fraction of sp³-hybridized carbons (Fsp3) is 0.875. The lowest BCUT2D eigenvalue weighted by Crippen LogP contribution is -2.41. The van der Waals surface area contributed by atoms with Crippen molar-refractivity contribution in [3.8, 4) is 0 Å². The van der Waals surface area contributed by atoms with E-state index in [9.17, 15) is 19.7 Å². The van der Waals surface area contributed by atoms with Gasteiger partial charge in [0.15, 0.2) is 0 Å². The molecule has 0 bridgehead atoms. The molecule has 0 saturated heterocycles. The number of rotatable bonds is 13. The molecule has 0 aromatic rings. The zero-order valence-electron chi connectivity index (χ0n) is 15.6. The molecule has 1 aliphatic carbocycles. The molecule has 1 N–H and O–H groups in total. The molecule has 156 valence electrons. The third-order valence-electron chi connectivity index (χ3n) is 4.19. The molecule has 9 nitrogen and oxygen atoms in total. The van der Waals surface area contributed by atoms with Crippen LogP contribution in [0.3, 0.4) is 0 Å². The van der Waals surface area contributed by atoms with Crippen LogP contribution in [0, 0.1) is 15.5 Å². The second-order valence-corrected chi connectivity index (χ2v) is 8.93. The van der Waals surface area contributed by atoms with Crippen LogP contribution < -0.4 is 5.32 Å². The van der Waals surface area contributed by atoms with Gasteiger partial charge < -0.3 is 19.6 Å². The maximum atomic E-state index is 11.9. The summed E-state index contributed by atoms with van der Waals surface area (Å²) in [4.78, 5) is 38.0. The van der Waals surface area contributed by atoms with Gasteiger partial charge in [0, 0.05) is 18.1 Å². The van der Waals surface area contributed by atoms with E-state index in [1.807, 2.05) is 0 Å². The first kappa shape index (κ1) is 23.7. The van der Waals surface area contributed by atoms with E-state index < -0.39 is 11.2 Å². The Hall–Kier alpha value is -1.36. The Balaban J connectivity index is 2.20. The first-order chi connectivity index (χ1) is 13.0. The molecular weight excluding hydrogens is 396 g/mol. The van der Waals surface area contributed by atoms with Gasteiger partial charge in [-0.1, -0.05) is 40.9 Å². The highest BCUT2D eigenvalue weighted by atomic mass is 33.1. The average molecular weight is 425 g/mol. The SMILES string of the molecule is CCOC(=O)CC1(CNC(=O)OCCSSCCO[N+](=O)[O-])CCCCC1. The summed E-state index contributed by atoms with van der Waals surface area (Å²) in [6.45, 7) is 2.83. The van der Waals surface area contributed by atoms with Crippen LogP contribution in [-0.4, -0.2) is 55.0 Å². The minimum Gasteiger partial charge on any atom is -0.466 e. The minimum absolute atomic E-state index is 0.0363. The van der Waals surface area contributed by atoms with Gasteiger partial charge in [-0.05, 0) is 25.2 Å². The molecule has 0 heterocycles. The van der Waals surface area contributed by atoms with Gasteiger partial charge in [0.05, 0.1) is 13.0 Å². The predicted octanol–water partition coefficient (Wildman–Crippen LogP) is 3.21. The van der Waals surface area contributed by atoms with E-state index in [1.165, 1.54) is 21.6 Å². The zero-order chi connectivity index (χ0) is 20.0. The first-order valence-electron chi connectivity index (χ1n) is 9.05. The smallest absolute Gasteiger partial charge is 0.407 e. The van der Waals surface area contributed by atoms with Crippen LogP contribution in [0.15, 0.2) is 0 Å². The van der Waals surface area contributed by atoms with Crippen molar-refractivity contribution in [1.82, 2.24) is 5.32 Å². The lowest BCUT2D eigenvalue weighted by atomic mass is 9.72. The molecule has 0 aromatic carbocycles. The molecule has 1 saturated carbocycles. The summed E-state index contributed by atoms with van der Waals surface area (Å²) in [6, 6.07) is 0. The zero-order valence-corrected chi connectivity index (χ0v) is 17.2. The predicted molar refractivity (Wildman–Crippen MR) is 104 cm³/mol. The van der Waals surface area contributed by atoms with Crippen LogP contribution in [0.2, 0.25) is 0 Å². The van der Waals surface area contributed by atoms with Crippen molar-refractivity contribution in [2.24, 2.45) is 5.41 Å². The van der Waals surface area contributed by atoms with Gasteiger partial charge in [0.2, 0.25) is 0 Å². The molecule has 1 aliphatic rings. The Morgan fingerprint density at radius 1 is 1.11 bits per heavy atom. The Morgan fingerprint density at radius 2 is 1.78 bits per heavy atom. The van der Waals surface area contributed by atoms with Crippen molar-refractivity contribution < 1.29 is 29.0 Å². The number of nitrogens with zero attached hydrogens (tertiary/aromatic N) is 1. The second-order valence-electron chi connectivity index (χ2n) is 6.23. The van der Waals surface area contributed by atoms with Gasteiger partial charge in [-0.3, -0.25) is 4.79 Å². The molecule has 0 aliphatic heterocycles. The second kappa shape index (κ2) is 13.8. The van der Waals surface area contributed by atoms with Crippen LogP contribution in [0.25, 0.3) is 0 Å². The van der Waals surface area contributed by atoms with Gasteiger partial charge in [-0.15, -0.1) is 10.1 Å². The molecule has 0 spiro atoms. The number of alkyl carbamates (subject to hydrolysis) is 1. The highest BCUT2D eigenvalue weighted by Gasteiger charge is 2.35. The number of ether oxygens (including phenoxy) is 2. The van der Waals surface area contributed by atoms with Crippen molar-refractivity contribution in [2.45, 2.75) is 45.4 Å². The highest BCUT2D eigenvalue weighted by Crippen LogP contribution is 2.39. The van der Waals surface area contributed by atoms with Crippen molar-refractivity contribution in [1.29, 1.82) is 0 Å². The summed E-state index contributed by atoms with van der Waals surface area (Å²) in [6.07, 6.45) is 4.85.